The predicted molar refractivity (Wildman–Crippen MR) is 80.2 cm³/mol. The Morgan fingerprint density at radius 3 is 2.56 bits per heavy atom. The van der Waals surface area contributed by atoms with E-state index in [1.165, 1.54) is 20.4 Å². The van der Waals surface area contributed by atoms with Crippen LogP contribution in [0.3, 0.4) is 0 Å². The van der Waals surface area contributed by atoms with Crippen LogP contribution in [0.25, 0.3) is 0 Å². The molecule has 0 atom stereocenters. The number of aromatic amines is 1. The molecule has 2 heterocycles. The van der Waals surface area contributed by atoms with Crippen molar-refractivity contribution >= 4 is 5.78 Å². The number of hydrogen-bond donors (Lipinski definition) is 1. The summed E-state index contributed by atoms with van der Waals surface area (Å²) in [5.41, 5.74) is -2.24. The number of alkyl halides is 3. The standard InChI is InChI=1S/C15H16F3N3O4/c1-21-14(23)10(7-19-21)13(22)9-3-4-12(15(16,17)18)20-11(9)8-25-6-5-24-2/h3-4,7,19H,5-6,8H2,1-2H3. The Hall–Kier alpha value is -2.46. The second kappa shape index (κ2) is 7.62. The largest absolute Gasteiger partial charge is 0.433 e. The highest BCUT2D eigenvalue weighted by Crippen LogP contribution is 2.28. The van der Waals surface area contributed by atoms with Gasteiger partial charge >= 0.3 is 6.18 Å². The van der Waals surface area contributed by atoms with Crippen LogP contribution in [-0.4, -0.2) is 40.9 Å². The van der Waals surface area contributed by atoms with Crippen molar-refractivity contribution in [2.75, 3.05) is 20.3 Å². The first-order valence-electron chi connectivity index (χ1n) is 7.18. The Balaban J connectivity index is 2.39. The third-order valence-corrected chi connectivity index (χ3v) is 3.36. The van der Waals surface area contributed by atoms with E-state index < -0.39 is 23.2 Å². The highest BCUT2D eigenvalue weighted by Gasteiger charge is 2.33. The highest BCUT2D eigenvalue weighted by molar-refractivity contribution is 6.09. The number of ether oxygens (including phenoxy) is 2. The fraction of sp³-hybridized carbons (Fsp3) is 0.400. The monoisotopic (exact) mass is 359 g/mol. The first-order valence-corrected chi connectivity index (χ1v) is 7.18. The van der Waals surface area contributed by atoms with E-state index in [1.807, 2.05) is 0 Å². The molecule has 0 fully saturated rings. The molecular formula is C15H16F3N3O4. The Morgan fingerprint density at radius 1 is 1.28 bits per heavy atom. The van der Waals surface area contributed by atoms with Crippen molar-refractivity contribution in [3.8, 4) is 0 Å². The first-order chi connectivity index (χ1) is 11.8. The maximum atomic E-state index is 12.9. The third-order valence-electron chi connectivity index (χ3n) is 3.36. The molecule has 0 bridgehead atoms. The van der Waals surface area contributed by atoms with E-state index in [9.17, 15) is 22.8 Å². The van der Waals surface area contributed by atoms with E-state index in [2.05, 4.69) is 10.1 Å². The molecule has 0 saturated heterocycles. The lowest BCUT2D eigenvalue weighted by molar-refractivity contribution is -0.141. The van der Waals surface area contributed by atoms with E-state index >= 15 is 0 Å². The van der Waals surface area contributed by atoms with Crippen LogP contribution >= 0.6 is 0 Å². The topological polar surface area (TPSA) is 86.2 Å². The summed E-state index contributed by atoms with van der Waals surface area (Å²) >= 11 is 0. The number of aryl methyl sites for hydroxylation is 1. The second-order valence-corrected chi connectivity index (χ2v) is 5.11. The van der Waals surface area contributed by atoms with Crippen molar-refractivity contribution in [2.24, 2.45) is 7.05 Å². The van der Waals surface area contributed by atoms with E-state index in [1.54, 1.807) is 0 Å². The molecule has 0 amide bonds. The van der Waals surface area contributed by atoms with Crippen molar-refractivity contribution in [2.45, 2.75) is 12.8 Å². The van der Waals surface area contributed by atoms with Gasteiger partial charge in [-0.15, -0.1) is 0 Å². The summed E-state index contributed by atoms with van der Waals surface area (Å²) in [5, 5.41) is 2.54. The number of rotatable bonds is 7. The lowest BCUT2D eigenvalue weighted by Crippen LogP contribution is -2.21. The van der Waals surface area contributed by atoms with Gasteiger partial charge in [0.2, 0.25) is 5.78 Å². The molecule has 0 aliphatic heterocycles. The van der Waals surface area contributed by atoms with Gasteiger partial charge in [0.25, 0.3) is 5.56 Å². The normalized spacial score (nSPS) is 11.7. The predicted octanol–water partition coefficient (Wildman–Crippen LogP) is 1.52. The molecule has 1 N–H and O–H groups in total. The summed E-state index contributed by atoms with van der Waals surface area (Å²) in [4.78, 5) is 27.9. The minimum absolute atomic E-state index is 0.119. The number of methoxy groups -OCH3 is 1. The van der Waals surface area contributed by atoms with Crippen molar-refractivity contribution in [3.63, 3.8) is 0 Å². The average molecular weight is 359 g/mol. The number of H-pyrrole nitrogens is 1. The van der Waals surface area contributed by atoms with Crippen LogP contribution in [0.15, 0.2) is 23.1 Å². The van der Waals surface area contributed by atoms with Crippen LogP contribution in [0, 0.1) is 0 Å². The lowest BCUT2D eigenvalue weighted by Gasteiger charge is -2.12. The van der Waals surface area contributed by atoms with Crippen LogP contribution in [-0.2, 0) is 29.3 Å². The number of nitrogens with zero attached hydrogens (tertiary/aromatic N) is 2. The van der Waals surface area contributed by atoms with Crippen molar-refractivity contribution in [3.05, 3.63) is 51.2 Å². The number of ketones is 1. The number of hydrogen-bond acceptors (Lipinski definition) is 5. The Labute approximate surface area is 140 Å². The fourth-order valence-corrected chi connectivity index (χ4v) is 2.06. The molecule has 0 aromatic carbocycles. The van der Waals surface area contributed by atoms with Crippen molar-refractivity contribution in [1.82, 2.24) is 14.8 Å². The molecule has 136 valence electrons. The minimum Gasteiger partial charge on any atom is -0.382 e. The maximum Gasteiger partial charge on any atom is 0.433 e. The van der Waals surface area contributed by atoms with Gasteiger partial charge in [0.1, 0.15) is 11.3 Å². The van der Waals surface area contributed by atoms with Crippen LogP contribution < -0.4 is 5.56 Å². The molecule has 0 radical (unpaired) electrons. The summed E-state index contributed by atoms with van der Waals surface area (Å²) in [5.74, 6) is -0.728. The summed E-state index contributed by atoms with van der Waals surface area (Å²) < 4.78 is 49.7. The molecule has 2 rings (SSSR count). The van der Waals surface area contributed by atoms with Gasteiger partial charge in [0.15, 0.2) is 0 Å². The number of aromatic nitrogens is 3. The summed E-state index contributed by atoms with van der Waals surface area (Å²) in [6, 6.07) is 1.70. The van der Waals surface area contributed by atoms with Crippen molar-refractivity contribution < 1.29 is 27.4 Å². The van der Waals surface area contributed by atoms with E-state index in [0.29, 0.717) is 6.07 Å². The zero-order valence-electron chi connectivity index (χ0n) is 13.5. The van der Waals surface area contributed by atoms with Crippen LogP contribution in [0.1, 0.15) is 27.3 Å². The van der Waals surface area contributed by atoms with Crippen LogP contribution in [0.4, 0.5) is 13.2 Å². The van der Waals surface area contributed by atoms with Crippen LogP contribution in [0.2, 0.25) is 0 Å². The number of nitrogens with one attached hydrogen (secondary N) is 1. The smallest absolute Gasteiger partial charge is 0.382 e. The number of carbonyl (C=O) groups is 1. The van der Waals surface area contributed by atoms with E-state index in [-0.39, 0.29) is 36.6 Å². The van der Waals surface area contributed by atoms with Gasteiger partial charge in [0, 0.05) is 25.9 Å². The highest BCUT2D eigenvalue weighted by atomic mass is 19.4. The molecule has 0 saturated carbocycles. The third kappa shape index (κ3) is 4.34. The molecule has 7 nitrogen and oxygen atoms in total. The van der Waals surface area contributed by atoms with Crippen LogP contribution in [0.5, 0.6) is 0 Å². The van der Waals surface area contributed by atoms with E-state index in [0.717, 1.165) is 10.7 Å². The first kappa shape index (κ1) is 18.9. The summed E-state index contributed by atoms with van der Waals surface area (Å²) in [6.07, 6.45) is -3.47. The van der Waals surface area contributed by atoms with E-state index in [4.69, 9.17) is 9.47 Å². The fourth-order valence-electron chi connectivity index (χ4n) is 2.06. The maximum absolute atomic E-state index is 12.9. The zero-order valence-corrected chi connectivity index (χ0v) is 13.5. The van der Waals surface area contributed by atoms with Gasteiger partial charge in [-0.1, -0.05) is 0 Å². The van der Waals surface area contributed by atoms with Gasteiger partial charge in [0.05, 0.1) is 25.5 Å². The molecule has 0 aliphatic rings. The van der Waals surface area contributed by atoms with Gasteiger partial charge in [-0.2, -0.15) is 13.2 Å². The van der Waals surface area contributed by atoms with Gasteiger partial charge in [-0.25, -0.2) is 4.98 Å². The molecule has 0 aliphatic carbocycles. The van der Waals surface area contributed by atoms with Gasteiger partial charge in [-0.05, 0) is 12.1 Å². The lowest BCUT2D eigenvalue weighted by atomic mass is 10.0. The summed E-state index contributed by atoms with van der Waals surface area (Å²) in [6.45, 7) is 0.0354. The molecule has 2 aromatic heterocycles. The number of carbonyl (C=O) groups excluding carboxylic acids is 1. The van der Waals surface area contributed by atoms with Crippen molar-refractivity contribution in [1.29, 1.82) is 0 Å². The summed E-state index contributed by atoms with van der Waals surface area (Å²) in [7, 11) is 2.86. The molecular weight excluding hydrogens is 343 g/mol. The molecule has 25 heavy (non-hydrogen) atoms. The Morgan fingerprint density at radius 2 is 2.00 bits per heavy atom. The number of halogens is 3. The minimum atomic E-state index is -4.66. The molecule has 0 unspecified atom stereocenters. The quantitative estimate of drug-likeness (QED) is 0.598. The molecule has 0 spiro atoms. The second-order valence-electron chi connectivity index (χ2n) is 5.11. The van der Waals surface area contributed by atoms with Gasteiger partial charge in [-0.3, -0.25) is 14.3 Å². The molecule has 2 aromatic rings. The zero-order chi connectivity index (χ0) is 18.6. The average Bonchev–Trinajstić information content (AvgIpc) is 2.89. The van der Waals surface area contributed by atoms with Gasteiger partial charge < -0.3 is 14.6 Å². The number of pyridine rings is 1. The molecule has 10 heteroatoms. The SMILES string of the molecule is COCCOCc1nc(C(F)(F)F)ccc1C(=O)c1c[nH]n(C)c1=O. The Bertz CT molecular complexity index is 811. The Kier molecular flexibility index (Phi) is 5.75.